The SMILES string of the molecule is CCNCc1ccc(OC(CC)C(=O)O)c(OCC)c1. The lowest BCUT2D eigenvalue weighted by atomic mass is 10.2. The summed E-state index contributed by atoms with van der Waals surface area (Å²) in [5.74, 6) is 0.0932. The molecule has 0 fully saturated rings. The number of hydrogen-bond acceptors (Lipinski definition) is 4. The van der Waals surface area contributed by atoms with Crippen LogP contribution in [0.15, 0.2) is 18.2 Å². The topological polar surface area (TPSA) is 67.8 Å². The van der Waals surface area contributed by atoms with Gasteiger partial charge in [-0.2, -0.15) is 0 Å². The van der Waals surface area contributed by atoms with Crippen molar-refractivity contribution in [2.75, 3.05) is 13.2 Å². The van der Waals surface area contributed by atoms with Crippen LogP contribution in [0.4, 0.5) is 0 Å². The highest BCUT2D eigenvalue weighted by Crippen LogP contribution is 2.29. The van der Waals surface area contributed by atoms with E-state index in [4.69, 9.17) is 14.6 Å². The Morgan fingerprint density at radius 3 is 2.60 bits per heavy atom. The van der Waals surface area contributed by atoms with E-state index in [0.717, 1.165) is 18.7 Å². The van der Waals surface area contributed by atoms with Gasteiger partial charge in [0.1, 0.15) is 0 Å². The standard InChI is InChI=1S/C15H23NO4/c1-4-12(15(17)18)20-13-8-7-11(10-16-5-2)9-14(13)19-6-3/h7-9,12,16H,4-6,10H2,1-3H3,(H,17,18). The molecule has 1 aromatic carbocycles. The largest absolute Gasteiger partial charge is 0.490 e. The molecule has 2 N–H and O–H groups in total. The van der Waals surface area contributed by atoms with E-state index in [2.05, 4.69) is 5.32 Å². The molecule has 0 radical (unpaired) electrons. The van der Waals surface area contributed by atoms with Crippen molar-refractivity contribution in [3.05, 3.63) is 23.8 Å². The fourth-order valence-corrected chi connectivity index (χ4v) is 1.76. The van der Waals surface area contributed by atoms with Crippen molar-refractivity contribution in [2.45, 2.75) is 39.8 Å². The summed E-state index contributed by atoms with van der Waals surface area (Å²) in [4.78, 5) is 11.0. The number of hydrogen-bond donors (Lipinski definition) is 2. The molecule has 0 spiro atoms. The molecule has 5 heteroatoms. The van der Waals surface area contributed by atoms with E-state index in [1.165, 1.54) is 0 Å². The maximum absolute atomic E-state index is 11.0. The molecule has 0 saturated heterocycles. The molecule has 1 atom stereocenters. The number of carboxylic acid groups (broad SMARTS) is 1. The van der Waals surface area contributed by atoms with Crippen LogP contribution in [-0.4, -0.2) is 30.3 Å². The van der Waals surface area contributed by atoms with Gasteiger partial charge < -0.3 is 19.9 Å². The summed E-state index contributed by atoms with van der Waals surface area (Å²) < 4.78 is 11.1. The van der Waals surface area contributed by atoms with Crippen LogP contribution in [0, 0.1) is 0 Å². The molecule has 112 valence electrons. The van der Waals surface area contributed by atoms with Crippen LogP contribution >= 0.6 is 0 Å². The maximum atomic E-state index is 11.0. The first kappa shape index (κ1) is 16.3. The van der Waals surface area contributed by atoms with E-state index in [0.29, 0.717) is 24.5 Å². The minimum absolute atomic E-state index is 0.403. The normalized spacial score (nSPS) is 11.9. The fourth-order valence-electron chi connectivity index (χ4n) is 1.76. The molecule has 1 rings (SSSR count). The van der Waals surface area contributed by atoms with Gasteiger partial charge >= 0.3 is 5.97 Å². The average Bonchev–Trinajstić information content (AvgIpc) is 2.44. The summed E-state index contributed by atoms with van der Waals surface area (Å²) in [6, 6.07) is 5.56. The van der Waals surface area contributed by atoms with Gasteiger partial charge in [-0.05, 0) is 37.6 Å². The number of benzene rings is 1. The van der Waals surface area contributed by atoms with Crippen molar-refractivity contribution < 1.29 is 19.4 Å². The molecule has 0 amide bonds. The van der Waals surface area contributed by atoms with Gasteiger partial charge in [0.25, 0.3) is 0 Å². The van der Waals surface area contributed by atoms with Crippen LogP contribution in [0.5, 0.6) is 11.5 Å². The first-order valence-electron chi connectivity index (χ1n) is 6.98. The second-order valence-electron chi connectivity index (χ2n) is 4.35. The van der Waals surface area contributed by atoms with Crippen LogP contribution in [-0.2, 0) is 11.3 Å². The zero-order chi connectivity index (χ0) is 15.0. The first-order chi connectivity index (χ1) is 9.62. The number of nitrogens with one attached hydrogen (secondary N) is 1. The second-order valence-corrected chi connectivity index (χ2v) is 4.35. The number of carbonyl (C=O) groups is 1. The summed E-state index contributed by atoms with van der Waals surface area (Å²) in [7, 11) is 0. The van der Waals surface area contributed by atoms with Crippen LogP contribution in [0.1, 0.15) is 32.8 Å². The van der Waals surface area contributed by atoms with Gasteiger partial charge in [-0.3, -0.25) is 0 Å². The number of ether oxygens (including phenoxy) is 2. The van der Waals surface area contributed by atoms with Gasteiger partial charge in [0.15, 0.2) is 17.6 Å². The van der Waals surface area contributed by atoms with Gasteiger partial charge in [0.05, 0.1) is 6.61 Å². The molecular formula is C15H23NO4. The molecule has 0 aliphatic carbocycles. The molecule has 1 unspecified atom stereocenters. The van der Waals surface area contributed by atoms with Crippen molar-refractivity contribution >= 4 is 5.97 Å². The molecule has 0 saturated carbocycles. The molecule has 5 nitrogen and oxygen atoms in total. The fraction of sp³-hybridized carbons (Fsp3) is 0.533. The van der Waals surface area contributed by atoms with Crippen molar-refractivity contribution in [3.63, 3.8) is 0 Å². The molecule has 0 aliphatic rings. The number of rotatable bonds is 9. The lowest BCUT2D eigenvalue weighted by Crippen LogP contribution is -2.26. The molecule has 20 heavy (non-hydrogen) atoms. The van der Waals surface area contributed by atoms with Crippen molar-refractivity contribution in [2.24, 2.45) is 0 Å². The quantitative estimate of drug-likeness (QED) is 0.727. The summed E-state index contributed by atoms with van der Waals surface area (Å²) >= 11 is 0. The summed E-state index contributed by atoms with van der Waals surface area (Å²) in [6.45, 7) is 7.84. The highest BCUT2D eigenvalue weighted by molar-refractivity contribution is 5.72. The Morgan fingerprint density at radius 2 is 2.05 bits per heavy atom. The zero-order valence-electron chi connectivity index (χ0n) is 12.3. The Labute approximate surface area is 119 Å². The molecule has 0 aromatic heterocycles. The van der Waals surface area contributed by atoms with E-state index in [1.54, 1.807) is 13.0 Å². The maximum Gasteiger partial charge on any atom is 0.344 e. The van der Waals surface area contributed by atoms with Gasteiger partial charge in [-0.25, -0.2) is 4.79 Å². The lowest BCUT2D eigenvalue weighted by Gasteiger charge is -2.17. The van der Waals surface area contributed by atoms with Crippen molar-refractivity contribution in [1.29, 1.82) is 0 Å². The third-order valence-corrected chi connectivity index (χ3v) is 2.80. The Bertz CT molecular complexity index is 434. The predicted octanol–water partition coefficient (Wildman–Crippen LogP) is 2.44. The summed E-state index contributed by atoms with van der Waals surface area (Å²) in [5.41, 5.74) is 1.08. The molecule has 1 aromatic rings. The van der Waals surface area contributed by atoms with Gasteiger partial charge in [0, 0.05) is 6.54 Å². The molecule has 0 aliphatic heterocycles. The third kappa shape index (κ3) is 4.74. The second kappa shape index (κ2) is 8.43. The summed E-state index contributed by atoms with van der Waals surface area (Å²) in [6.07, 6.45) is -0.450. The Kier molecular flexibility index (Phi) is 6.87. The Morgan fingerprint density at radius 1 is 1.30 bits per heavy atom. The third-order valence-electron chi connectivity index (χ3n) is 2.80. The smallest absolute Gasteiger partial charge is 0.344 e. The van der Waals surface area contributed by atoms with Crippen molar-refractivity contribution in [1.82, 2.24) is 5.32 Å². The molecular weight excluding hydrogens is 258 g/mol. The van der Waals surface area contributed by atoms with Crippen LogP contribution in [0.2, 0.25) is 0 Å². The number of aliphatic carboxylic acids is 1. The first-order valence-corrected chi connectivity index (χ1v) is 6.98. The zero-order valence-corrected chi connectivity index (χ0v) is 12.3. The lowest BCUT2D eigenvalue weighted by molar-refractivity contribution is -0.145. The molecule has 0 heterocycles. The van der Waals surface area contributed by atoms with Gasteiger partial charge in [-0.1, -0.05) is 19.9 Å². The average molecular weight is 281 g/mol. The Balaban J connectivity index is 2.90. The van der Waals surface area contributed by atoms with Gasteiger partial charge in [-0.15, -0.1) is 0 Å². The van der Waals surface area contributed by atoms with E-state index in [9.17, 15) is 4.79 Å². The van der Waals surface area contributed by atoms with E-state index in [1.807, 2.05) is 26.0 Å². The highest BCUT2D eigenvalue weighted by atomic mass is 16.5. The Hall–Kier alpha value is -1.75. The van der Waals surface area contributed by atoms with E-state index >= 15 is 0 Å². The van der Waals surface area contributed by atoms with Gasteiger partial charge in [0.2, 0.25) is 0 Å². The highest BCUT2D eigenvalue weighted by Gasteiger charge is 2.19. The summed E-state index contributed by atoms with van der Waals surface area (Å²) in [5, 5.41) is 12.3. The van der Waals surface area contributed by atoms with Crippen LogP contribution < -0.4 is 14.8 Å². The predicted molar refractivity (Wildman–Crippen MR) is 77.3 cm³/mol. The van der Waals surface area contributed by atoms with E-state index < -0.39 is 12.1 Å². The monoisotopic (exact) mass is 281 g/mol. The minimum atomic E-state index is -0.966. The van der Waals surface area contributed by atoms with Crippen molar-refractivity contribution in [3.8, 4) is 11.5 Å². The minimum Gasteiger partial charge on any atom is -0.490 e. The van der Waals surface area contributed by atoms with E-state index in [-0.39, 0.29) is 0 Å². The molecule has 0 bridgehead atoms. The van der Waals surface area contributed by atoms with Crippen LogP contribution in [0.25, 0.3) is 0 Å². The number of carboxylic acids is 1. The van der Waals surface area contributed by atoms with Crippen LogP contribution in [0.3, 0.4) is 0 Å².